The molecular weight excluding hydrogens is 386 g/mol. The molecule has 4 rings (SSSR count). The molecule has 2 amide bonds. The van der Waals surface area contributed by atoms with Gasteiger partial charge in [0.05, 0.1) is 0 Å². The number of amides is 2. The standard InChI is InChI=1S/C26H27N3O2/c1-19-8-13-24(20(2)18-19)25(30)27-22-9-11-23(12-10-22)28-14-16-29(17-15-28)26(31)21-6-4-3-5-7-21/h3-13,18H,14-17H2,1-2H3,(H,27,30). The van der Waals surface area contributed by atoms with E-state index in [0.29, 0.717) is 18.7 Å². The van der Waals surface area contributed by atoms with E-state index in [0.717, 1.165) is 41.2 Å². The first kappa shape index (κ1) is 20.7. The van der Waals surface area contributed by atoms with E-state index in [-0.39, 0.29) is 11.8 Å². The Morgan fingerprint density at radius 1 is 0.806 bits per heavy atom. The molecule has 1 saturated heterocycles. The van der Waals surface area contributed by atoms with E-state index in [1.165, 1.54) is 0 Å². The number of carbonyl (C=O) groups excluding carboxylic acids is 2. The van der Waals surface area contributed by atoms with Crippen LogP contribution < -0.4 is 10.2 Å². The lowest BCUT2D eigenvalue weighted by Crippen LogP contribution is -2.48. The zero-order valence-corrected chi connectivity index (χ0v) is 18.0. The van der Waals surface area contributed by atoms with Gasteiger partial charge in [0.1, 0.15) is 0 Å². The van der Waals surface area contributed by atoms with Gasteiger partial charge in [-0.2, -0.15) is 0 Å². The van der Waals surface area contributed by atoms with Gasteiger partial charge in [-0.15, -0.1) is 0 Å². The third kappa shape index (κ3) is 4.77. The van der Waals surface area contributed by atoms with Gasteiger partial charge < -0.3 is 15.1 Å². The van der Waals surface area contributed by atoms with Crippen LogP contribution in [0.15, 0.2) is 72.8 Å². The molecule has 0 bridgehead atoms. The van der Waals surface area contributed by atoms with Gasteiger partial charge in [-0.05, 0) is 61.9 Å². The molecule has 0 atom stereocenters. The van der Waals surface area contributed by atoms with E-state index in [1.807, 2.05) is 91.5 Å². The topological polar surface area (TPSA) is 52.7 Å². The quantitative estimate of drug-likeness (QED) is 0.684. The van der Waals surface area contributed by atoms with Crippen molar-refractivity contribution in [2.24, 2.45) is 0 Å². The molecule has 158 valence electrons. The van der Waals surface area contributed by atoms with E-state index >= 15 is 0 Å². The van der Waals surface area contributed by atoms with Gasteiger partial charge in [0.15, 0.2) is 0 Å². The number of piperazine rings is 1. The van der Waals surface area contributed by atoms with Crippen molar-refractivity contribution in [3.63, 3.8) is 0 Å². The van der Waals surface area contributed by atoms with E-state index in [2.05, 4.69) is 10.2 Å². The SMILES string of the molecule is Cc1ccc(C(=O)Nc2ccc(N3CCN(C(=O)c4ccccc4)CC3)cc2)c(C)c1. The van der Waals surface area contributed by atoms with Crippen LogP contribution in [0.2, 0.25) is 0 Å². The molecule has 0 unspecified atom stereocenters. The summed E-state index contributed by atoms with van der Waals surface area (Å²) in [6, 6.07) is 23.2. The average Bonchev–Trinajstić information content (AvgIpc) is 2.80. The van der Waals surface area contributed by atoms with Crippen LogP contribution in [0.1, 0.15) is 31.8 Å². The molecule has 1 aliphatic rings. The number of anilines is 2. The highest BCUT2D eigenvalue weighted by Gasteiger charge is 2.22. The number of hydrogen-bond donors (Lipinski definition) is 1. The van der Waals surface area contributed by atoms with Crippen LogP contribution >= 0.6 is 0 Å². The van der Waals surface area contributed by atoms with Crippen LogP contribution in [0.5, 0.6) is 0 Å². The Labute approximate surface area is 183 Å². The number of benzene rings is 3. The average molecular weight is 414 g/mol. The zero-order valence-electron chi connectivity index (χ0n) is 18.0. The summed E-state index contributed by atoms with van der Waals surface area (Å²) in [6.07, 6.45) is 0. The largest absolute Gasteiger partial charge is 0.368 e. The molecule has 31 heavy (non-hydrogen) atoms. The highest BCUT2D eigenvalue weighted by molar-refractivity contribution is 6.05. The summed E-state index contributed by atoms with van der Waals surface area (Å²) in [7, 11) is 0. The highest BCUT2D eigenvalue weighted by Crippen LogP contribution is 2.21. The lowest BCUT2D eigenvalue weighted by molar-refractivity contribution is 0.0746. The van der Waals surface area contributed by atoms with Gasteiger partial charge >= 0.3 is 0 Å². The second kappa shape index (κ2) is 9.04. The lowest BCUT2D eigenvalue weighted by atomic mass is 10.1. The van der Waals surface area contributed by atoms with Crippen molar-refractivity contribution in [3.8, 4) is 0 Å². The van der Waals surface area contributed by atoms with Crippen molar-refractivity contribution < 1.29 is 9.59 Å². The molecule has 0 aromatic heterocycles. The Kier molecular flexibility index (Phi) is 6.03. The minimum absolute atomic E-state index is 0.0877. The molecule has 0 saturated carbocycles. The Morgan fingerprint density at radius 3 is 2.13 bits per heavy atom. The van der Waals surface area contributed by atoms with Crippen molar-refractivity contribution in [2.75, 3.05) is 36.4 Å². The molecule has 5 heteroatoms. The van der Waals surface area contributed by atoms with Crippen molar-refractivity contribution in [1.82, 2.24) is 4.90 Å². The molecule has 1 fully saturated rings. The normalized spacial score (nSPS) is 13.7. The number of aryl methyl sites for hydroxylation is 2. The monoisotopic (exact) mass is 413 g/mol. The smallest absolute Gasteiger partial charge is 0.255 e. The van der Waals surface area contributed by atoms with Crippen molar-refractivity contribution in [2.45, 2.75) is 13.8 Å². The van der Waals surface area contributed by atoms with Crippen LogP contribution in [0.25, 0.3) is 0 Å². The molecule has 1 heterocycles. The second-order valence-electron chi connectivity index (χ2n) is 7.96. The second-order valence-corrected chi connectivity index (χ2v) is 7.96. The van der Waals surface area contributed by atoms with E-state index in [1.54, 1.807) is 0 Å². The lowest BCUT2D eigenvalue weighted by Gasteiger charge is -2.36. The third-order valence-electron chi connectivity index (χ3n) is 5.70. The molecule has 3 aromatic rings. The fraction of sp³-hybridized carbons (Fsp3) is 0.231. The van der Waals surface area contributed by atoms with Gasteiger partial charge in [-0.25, -0.2) is 0 Å². The third-order valence-corrected chi connectivity index (χ3v) is 5.70. The summed E-state index contributed by atoms with van der Waals surface area (Å²) in [4.78, 5) is 29.4. The Balaban J connectivity index is 1.35. The van der Waals surface area contributed by atoms with Crippen molar-refractivity contribution in [1.29, 1.82) is 0 Å². The van der Waals surface area contributed by atoms with Gasteiger partial charge in [-0.1, -0.05) is 35.9 Å². The first-order valence-corrected chi connectivity index (χ1v) is 10.6. The van der Waals surface area contributed by atoms with E-state index < -0.39 is 0 Å². The maximum Gasteiger partial charge on any atom is 0.255 e. The molecule has 1 N–H and O–H groups in total. The summed E-state index contributed by atoms with van der Waals surface area (Å²) in [5, 5.41) is 2.98. The van der Waals surface area contributed by atoms with Crippen LogP contribution in [0.3, 0.4) is 0 Å². The van der Waals surface area contributed by atoms with Crippen LogP contribution in [-0.4, -0.2) is 42.9 Å². The van der Waals surface area contributed by atoms with Crippen LogP contribution in [-0.2, 0) is 0 Å². The Hall–Kier alpha value is -3.60. The highest BCUT2D eigenvalue weighted by atomic mass is 16.2. The first-order chi connectivity index (χ1) is 15.0. The molecule has 0 aliphatic carbocycles. The molecule has 0 spiro atoms. The van der Waals surface area contributed by atoms with Crippen LogP contribution in [0.4, 0.5) is 11.4 Å². The Morgan fingerprint density at radius 2 is 1.48 bits per heavy atom. The minimum Gasteiger partial charge on any atom is -0.368 e. The van der Waals surface area contributed by atoms with Gasteiger partial charge in [0.25, 0.3) is 11.8 Å². The number of carbonyl (C=O) groups is 2. The number of nitrogens with one attached hydrogen (secondary N) is 1. The molecule has 3 aromatic carbocycles. The fourth-order valence-electron chi connectivity index (χ4n) is 3.95. The van der Waals surface area contributed by atoms with Crippen molar-refractivity contribution >= 4 is 23.2 Å². The number of rotatable bonds is 4. The number of hydrogen-bond acceptors (Lipinski definition) is 3. The Bertz CT molecular complexity index is 1070. The first-order valence-electron chi connectivity index (χ1n) is 10.6. The van der Waals surface area contributed by atoms with Crippen molar-refractivity contribution in [3.05, 3.63) is 95.1 Å². The predicted octanol–water partition coefficient (Wildman–Crippen LogP) is 4.52. The minimum atomic E-state index is -0.0988. The maximum absolute atomic E-state index is 12.6. The summed E-state index contributed by atoms with van der Waals surface area (Å²) in [5.41, 5.74) is 5.40. The summed E-state index contributed by atoms with van der Waals surface area (Å²) in [5.74, 6) is -0.0111. The number of nitrogens with zero attached hydrogens (tertiary/aromatic N) is 2. The van der Waals surface area contributed by atoms with Gasteiger partial charge in [0, 0.05) is 48.7 Å². The van der Waals surface area contributed by atoms with Gasteiger partial charge in [0.2, 0.25) is 0 Å². The molecule has 1 aliphatic heterocycles. The fourth-order valence-corrected chi connectivity index (χ4v) is 3.95. The summed E-state index contributed by atoms with van der Waals surface area (Å²) >= 11 is 0. The van der Waals surface area contributed by atoms with Crippen LogP contribution in [0, 0.1) is 13.8 Å². The molecule has 0 radical (unpaired) electrons. The zero-order chi connectivity index (χ0) is 21.8. The molecule has 5 nitrogen and oxygen atoms in total. The molecular formula is C26H27N3O2. The van der Waals surface area contributed by atoms with E-state index in [9.17, 15) is 9.59 Å². The summed E-state index contributed by atoms with van der Waals surface area (Å²) < 4.78 is 0. The predicted molar refractivity (Wildman–Crippen MR) is 125 cm³/mol. The summed E-state index contributed by atoms with van der Waals surface area (Å²) in [6.45, 7) is 6.93. The van der Waals surface area contributed by atoms with Gasteiger partial charge in [-0.3, -0.25) is 9.59 Å². The van der Waals surface area contributed by atoms with E-state index in [4.69, 9.17) is 0 Å². The maximum atomic E-state index is 12.6.